The van der Waals surface area contributed by atoms with Gasteiger partial charge in [0.1, 0.15) is 11.9 Å². The number of anilines is 1. The van der Waals surface area contributed by atoms with Crippen LogP contribution in [-0.2, 0) is 19.1 Å². The lowest BCUT2D eigenvalue weighted by atomic mass is 9.74. The normalized spacial score (nSPS) is 27.0. The zero-order valence-corrected chi connectivity index (χ0v) is 18.0. The molecule has 4 unspecified atom stereocenters. The lowest BCUT2D eigenvalue weighted by molar-refractivity contribution is -0.132. The van der Waals surface area contributed by atoms with E-state index in [1.165, 1.54) is 12.0 Å². The fraction of sp³-hybridized carbons (Fsp3) is 0.360. The second kappa shape index (κ2) is 7.89. The average molecular weight is 432 g/mol. The number of nitrogens with zero attached hydrogens (tertiary/aromatic N) is 2. The monoisotopic (exact) mass is 432 g/mol. The SMILES string of the molecule is COC(=O)c1ccc(C2C3=C(OC4CCC(C)CC4C3=O)C(=O)N2c2ccccn2)cc1. The van der Waals surface area contributed by atoms with Crippen LogP contribution in [0.1, 0.15) is 48.1 Å². The number of benzene rings is 1. The van der Waals surface area contributed by atoms with Crippen molar-refractivity contribution in [1.82, 2.24) is 4.98 Å². The molecule has 1 aliphatic carbocycles. The minimum Gasteiger partial charge on any atom is -0.483 e. The largest absolute Gasteiger partial charge is 0.483 e. The molecule has 1 aromatic carbocycles. The Morgan fingerprint density at radius 1 is 1.12 bits per heavy atom. The van der Waals surface area contributed by atoms with Crippen molar-refractivity contribution in [2.45, 2.75) is 38.3 Å². The maximum absolute atomic E-state index is 13.7. The summed E-state index contributed by atoms with van der Waals surface area (Å²) in [5.41, 5.74) is 1.49. The summed E-state index contributed by atoms with van der Waals surface area (Å²) in [5.74, 6) is -0.0433. The average Bonchev–Trinajstić information content (AvgIpc) is 3.12. The van der Waals surface area contributed by atoms with Gasteiger partial charge in [-0.05, 0) is 55.0 Å². The molecule has 1 amide bonds. The molecule has 0 N–H and O–H groups in total. The number of amides is 1. The molecule has 1 saturated carbocycles. The lowest BCUT2D eigenvalue weighted by Gasteiger charge is -2.37. The van der Waals surface area contributed by atoms with Crippen molar-refractivity contribution >= 4 is 23.5 Å². The number of pyridine rings is 1. The van der Waals surface area contributed by atoms with Gasteiger partial charge in [-0.25, -0.2) is 9.78 Å². The lowest BCUT2D eigenvalue weighted by Crippen LogP contribution is -2.41. The first-order chi connectivity index (χ1) is 15.5. The molecule has 3 aliphatic rings. The highest BCUT2D eigenvalue weighted by Crippen LogP contribution is 2.48. The van der Waals surface area contributed by atoms with Gasteiger partial charge in [0.2, 0.25) is 0 Å². The van der Waals surface area contributed by atoms with E-state index in [0.717, 1.165) is 19.3 Å². The van der Waals surface area contributed by atoms with Crippen molar-refractivity contribution in [2.24, 2.45) is 11.8 Å². The van der Waals surface area contributed by atoms with E-state index in [1.54, 1.807) is 48.7 Å². The number of carbonyl (C=O) groups is 3. The van der Waals surface area contributed by atoms with Gasteiger partial charge in [0, 0.05) is 6.20 Å². The number of hydrogen-bond acceptors (Lipinski definition) is 6. The summed E-state index contributed by atoms with van der Waals surface area (Å²) in [4.78, 5) is 45.0. The molecule has 0 bridgehead atoms. The summed E-state index contributed by atoms with van der Waals surface area (Å²) in [7, 11) is 1.32. The first-order valence-electron chi connectivity index (χ1n) is 10.9. The molecule has 2 aromatic rings. The van der Waals surface area contributed by atoms with Crippen molar-refractivity contribution in [2.75, 3.05) is 12.0 Å². The molecule has 4 atom stereocenters. The number of Topliss-reactive ketones (excluding diaryl/α,β-unsaturated/α-hetero) is 1. The van der Waals surface area contributed by atoms with Gasteiger partial charge in [0.05, 0.1) is 30.2 Å². The molecule has 164 valence electrons. The smallest absolute Gasteiger partial charge is 0.337 e. The van der Waals surface area contributed by atoms with Crippen molar-refractivity contribution < 1.29 is 23.9 Å². The third kappa shape index (κ3) is 3.20. The molecular formula is C25H24N2O5. The highest BCUT2D eigenvalue weighted by Gasteiger charge is 2.53. The van der Waals surface area contributed by atoms with Gasteiger partial charge in [0.25, 0.3) is 5.91 Å². The molecule has 7 nitrogen and oxygen atoms in total. The third-order valence-corrected chi connectivity index (χ3v) is 6.65. The minimum absolute atomic E-state index is 0.0170. The van der Waals surface area contributed by atoms with E-state index in [-0.39, 0.29) is 29.5 Å². The summed E-state index contributed by atoms with van der Waals surface area (Å²) in [5, 5.41) is 0. The molecule has 0 radical (unpaired) electrons. The predicted octanol–water partition coefficient (Wildman–Crippen LogP) is 3.61. The number of ketones is 1. The van der Waals surface area contributed by atoms with Crippen LogP contribution in [0, 0.1) is 11.8 Å². The Labute approximate surface area is 186 Å². The second-order valence-electron chi connectivity index (χ2n) is 8.67. The van der Waals surface area contributed by atoms with Crippen LogP contribution in [0.4, 0.5) is 5.82 Å². The van der Waals surface area contributed by atoms with Crippen LogP contribution < -0.4 is 4.90 Å². The summed E-state index contributed by atoms with van der Waals surface area (Å²) >= 11 is 0. The summed E-state index contributed by atoms with van der Waals surface area (Å²) in [6, 6.07) is 11.4. The molecule has 1 fully saturated rings. The van der Waals surface area contributed by atoms with Crippen LogP contribution in [0.25, 0.3) is 0 Å². The molecule has 0 saturated heterocycles. The number of ether oxygens (including phenoxy) is 2. The van der Waals surface area contributed by atoms with Crippen LogP contribution in [0.15, 0.2) is 60.0 Å². The van der Waals surface area contributed by atoms with Crippen molar-refractivity contribution in [3.05, 3.63) is 71.1 Å². The van der Waals surface area contributed by atoms with Crippen LogP contribution >= 0.6 is 0 Å². The van der Waals surface area contributed by atoms with E-state index in [4.69, 9.17) is 9.47 Å². The van der Waals surface area contributed by atoms with E-state index >= 15 is 0 Å². The zero-order valence-electron chi connectivity index (χ0n) is 18.0. The highest BCUT2D eigenvalue weighted by atomic mass is 16.5. The molecular weight excluding hydrogens is 408 g/mol. The summed E-state index contributed by atoms with van der Waals surface area (Å²) in [6.45, 7) is 2.15. The topological polar surface area (TPSA) is 85.8 Å². The van der Waals surface area contributed by atoms with Crippen molar-refractivity contribution in [1.29, 1.82) is 0 Å². The molecule has 7 heteroatoms. The fourth-order valence-electron chi connectivity index (χ4n) is 5.04. The number of carbonyl (C=O) groups excluding carboxylic acids is 3. The van der Waals surface area contributed by atoms with Crippen LogP contribution in [0.2, 0.25) is 0 Å². The Morgan fingerprint density at radius 3 is 2.59 bits per heavy atom. The van der Waals surface area contributed by atoms with Gasteiger partial charge in [-0.3, -0.25) is 14.5 Å². The summed E-state index contributed by atoms with van der Waals surface area (Å²) in [6.07, 6.45) is 3.86. The van der Waals surface area contributed by atoms with Gasteiger partial charge in [-0.2, -0.15) is 0 Å². The van der Waals surface area contributed by atoms with Gasteiger partial charge in [-0.1, -0.05) is 25.1 Å². The van der Waals surface area contributed by atoms with Gasteiger partial charge in [0.15, 0.2) is 11.5 Å². The second-order valence-corrected chi connectivity index (χ2v) is 8.67. The highest BCUT2D eigenvalue weighted by molar-refractivity contribution is 6.17. The third-order valence-electron chi connectivity index (χ3n) is 6.65. The Hall–Kier alpha value is -3.48. The fourth-order valence-corrected chi connectivity index (χ4v) is 5.04. The van der Waals surface area contributed by atoms with Crippen LogP contribution in [0.3, 0.4) is 0 Å². The predicted molar refractivity (Wildman–Crippen MR) is 116 cm³/mol. The standard InChI is InChI=1S/C25H24N2O5/c1-14-6-11-18-17(13-14)22(28)20-21(15-7-9-16(10-8-15)25(30)31-2)27(24(29)23(20)32-18)19-5-3-4-12-26-19/h3-5,7-10,12,14,17-18,21H,6,11,13H2,1-2H3. The number of esters is 1. The molecule has 0 spiro atoms. The molecule has 5 rings (SSSR count). The first kappa shape index (κ1) is 20.4. The van der Waals surface area contributed by atoms with Crippen LogP contribution in [0.5, 0.6) is 0 Å². The maximum Gasteiger partial charge on any atom is 0.337 e. The molecule has 2 aliphatic heterocycles. The van der Waals surface area contributed by atoms with E-state index in [0.29, 0.717) is 28.4 Å². The number of rotatable bonds is 3. The van der Waals surface area contributed by atoms with E-state index in [1.807, 2.05) is 0 Å². The molecule has 3 heterocycles. The minimum atomic E-state index is -0.662. The Kier molecular flexibility index (Phi) is 5.04. The molecule has 1 aromatic heterocycles. The number of hydrogen-bond donors (Lipinski definition) is 0. The number of methoxy groups -OCH3 is 1. The van der Waals surface area contributed by atoms with Crippen molar-refractivity contribution in [3.63, 3.8) is 0 Å². The Balaban J connectivity index is 1.61. The number of fused-ring (bicyclic) bond motifs is 1. The van der Waals surface area contributed by atoms with E-state index < -0.39 is 12.0 Å². The van der Waals surface area contributed by atoms with Crippen LogP contribution in [-0.4, -0.2) is 35.9 Å². The van der Waals surface area contributed by atoms with E-state index in [9.17, 15) is 14.4 Å². The Morgan fingerprint density at radius 2 is 1.91 bits per heavy atom. The van der Waals surface area contributed by atoms with Crippen molar-refractivity contribution in [3.8, 4) is 0 Å². The Bertz CT molecular complexity index is 1110. The summed E-state index contributed by atoms with van der Waals surface area (Å²) < 4.78 is 11.0. The van der Waals surface area contributed by atoms with E-state index in [2.05, 4.69) is 11.9 Å². The maximum atomic E-state index is 13.7. The quantitative estimate of drug-likeness (QED) is 0.689. The zero-order chi connectivity index (χ0) is 22.4. The molecule has 32 heavy (non-hydrogen) atoms. The van der Waals surface area contributed by atoms with Gasteiger partial charge in [-0.15, -0.1) is 0 Å². The first-order valence-corrected chi connectivity index (χ1v) is 10.9. The number of aromatic nitrogens is 1. The van der Waals surface area contributed by atoms with Gasteiger partial charge >= 0.3 is 5.97 Å². The van der Waals surface area contributed by atoms with Gasteiger partial charge < -0.3 is 9.47 Å².